The molecule has 1 aliphatic carbocycles. The first kappa shape index (κ1) is 15.3. The number of ether oxygens (including phenoxy) is 1. The highest BCUT2D eigenvalue weighted by atomic mass is 16.5. The third-order valence-corrected chi connectivity index (χ3v) is 4.77. The first-order chi connectivity index (χ1) is 9.53. The van der Waals surface area contributed by atoms with E-state index in [0.29, 0.717) is 31.3 Å². The summed E-state index contributed by atoms with van der Waals surface area (Å²) in [5.74, 6) is -0.219. The van der Waals surface area contributed by atoms with Gasteiger partial charge in [0, 0.05) is 19.4 Å². The summed E-state index contributed by atoms with van der Waals surface area (Å²) in [7, 11) is 0. The average molecular weight is 283 g/mol. The molecule has 2 aliphatic rings. The Bertz CT molecular complexity index is 357. The molecule has 1 aliphatic heterocycles. The topological polar surface area (TPSA) is 75.6 Å². The Morgan fingerprint density at radius 2 is 2.05 bits per heavy atom. The molecule has 0 aromatic carbocycles. The van der Waals surface area contributed by atoms with Gasteiger partial charge in [0.25, 0.3) is 0 Å². The molecule has 1 saturated heterocycles. The van der Waals surface area contributed by atoms with E-state index in [4.69, 9.17) is 4.74 Å². The summed E-state index contributed by atoms with van der Waals surface area (Å²) in [6.45, 7) is 2.57. The van der Waals surface area contributed by atoms with Crippen LogP contribution < -0.4 is 5.32 Å². The summed E-state index contributed by atoms with van der Waals surface area (Å²) >= 11 is 0. The van der Waals surface area contributed by atoms with Crippen molar-refractivity contribution >= 4 is 11.9 Å². The first-order valence-corrected chi connectivity index (χ1v) is 7.66. The van der Waals surface area contributed by atoms with Crippen molar-refractivity contribution in [3.05, 3.63) is 0 Å². The highest BCUT2D eigenvalue weighted by Crippen LogP contribution is 2.31. The fourth-order valence-corrected chi connectivity index (χ4v) is 3.37. The van der Waals surface area contributed by atoms with Crippen LogP contribution in [0.25, 0.3) is 0 Å². The maximum absolute atomic E-state index is 12.1. The van der Waals surface area contributed by atoms with Gasteiger partial charge in [-0.3, -0.25) is 4.79 Å². The number of nitrogens with one attached hydrogen (secondary N) is 1. The molecule has 1 saturated carbocycles. The molecule has 5 nitrogen and oxygen atoms in total. The van der Waals surface area contributed by atoms with Crippen LogP contribution in [0.2, 0.25) is 0 Å². The molecule has 20 heavy (non-hydrogen) atoms. The molecule has 1 amide bonds. The van der Waals surface area contributed by atoms with Crippen LogP contribution in [-0.4, -0.2) is 35.7 Å². The zero-order valence-corrected chi connectivity index (χ0v) is 12.2. The van der Waals surface area contributed by atoms with Crippen LogP contribution >= 0.6 is 0 Å². The molecule has 0 aromatic rings. The lowest BCUT2D eigenvalue weighted by Gasteiger charge is -2.29. The number of aliphatic carboxylic acids is 1. The number of rotatable bonds is 5. The van der Waals surface area contributed by atoms with Crippen LogP contribution in [0.4, 0.5) is 0 Å². The second-order valence-corrected chi connectivity index (χ2v) is 6.32. The molecule has 5 heteroatoms. The maximum atomic E-state index is 12.1. The van der Waals surface area contributed by atoms with E-state index in [1.807, 2.05) is 0 Å². The lowest BCUT2D eigenvalue weighted by molar-refractivity contribution is -0.147. The van der Waals surface area contributed by atoms with Gasteiger partial charge in [0.1, 0.15) is 0 Å². The molecule has 0 radical (unpaired) electrons. The first-order valence-electron chi connectivity index (χ1n) is 7.66. The number of carbonyl (C=O) groups is 2. The predicted octanol–water partition coefficient (Wildman–Crippen LogP) is 1.95. The van der Waals surface area contributed by atoms with E-state index in [1.165, 1.54) is 32.1 Å². The molecule has 0 aromatic heterocycles. The van der Waals surface area contributed by atoms with E-state index in [2.05, 4.69) is 12.2 Å². The average Bonchev–Trinajstić information content (AvgIpc) is 2.89. The fourth-order valence-electron chi connectivity index (χ4n) is 3.37. The van der Waals surface area contributed by atoms with Crippen molar-refractivity contribution in [1.29, 1.82) is 0 Å². The predicted molar refractivity (Wildman–Crippen MR) is 74.3 cm³/mol. The summed E-state index contributed by atoms with van der Waals surface area (Å²) in [5, 5.41) is 12.0. The van der Waals surface area contributed by atoms with Crippen LogP contribution in [0.3, 0.4) is 0 Å². The Balaban J connectivity index is 1.86. The van der Waals surface area contributed by atoms with Gasteiger partial charge in [-0.15, -0.1) is 0 Å². The van der Waals surface area contributed by atoms with E-state index in [1.54, 1.807) is 0 Å². The number of amides is 1. The summed E-state index contributed by atoms with van der Waals surface area (Å²) < 4.78 is 5.15. The van der Waals surface area contributed by atoms with Crippen molar-refractivity contribution in [3.8, 4) is 0 Å². The van der Waals surface area contributed by atoms with Gasteiger partial charge in [0.05, 0.1) is 6.61 Å². The second-order valence-electron chi connectivity index (χ2n) is 6.32. The van der Waals surface area contributed by atoms with Crippen molar-refractivity contribution < 1.29 is 19.4 Å². The standard InChI is InChI=1S/C15H25NO4/c1-11(12-5-3-2-4-6-12)9-13(17)16-15(14(18)19)7-8-20-10-15/h11-12H,2-10H2,1H3,(H,16,17)(H,18,19). The van der Waals surface area contributed by atoms with Gasteiger partial charge >= 0.3 is 5.97 Å². The van der Waals surface area contributed by atoms with E-state index in [0.717, 1.165) is 0 Å². The third kappa shape index (κ3) is 3.51. The molecule has 2 fully saturated rings. The van der Waals surface area contributed by atoms with Gasteiger partial charge in [0.15, 0.2) is 5.54 Å². The Labute approximate surface area is 120 Å². The maximum Gasteiger partial charge on any atom is 0.331 e. The normalized spacial score (nSPS) is 29.1. The van der Waals surface area contributed by atoms with Crippen molar-refractivity contribution in [2.24, 2.45) is 11.8 Å². The Morgan fingerprint density at radius 1 is 1.35 bits per heavy atom. The quantitative estimate of drug-likeness (QED) is 0.808. The molecule has 2 N–H and O–H groups in total. The van der Waals surface area contributed by atoms with Crippen LogP contribution in [-0.2, 0) is 14.3 Å². The number of hydrogen-bond acceptors (Lipinski definition) is 3. The van der Waals surface area contributed by atoms with Crippen LogP contribution in [0.1, 0.15) is 51.9 Å². The molecule has 2 unspecified atom stereocenters. The number of carboxylic acids is 1. The van der Waals surface area contributed by atoms with Crippen molar-refractivity contribution in [2.75, 3.05) is 13.2 Å². The van der Waals surface area contributed by atoms with Crippen LogP contribution in [0.5, 0.6) is 0 Å². The fraction of sp³-hybridized carbons (Fsp3) is 0.867. The molecular weight excluding hydrogens is 258 g/mol. The van der Waals surface area contributed by atoms with Crippen LogP contribution in [0, 0.1) is 11.8 Å². The zero-order chi connectivity index (χ0) is 14.6. The molecule has 2 rings (SSSR count). The van der Waals surface area contributed by atoms with Crippen molar-refractivity contribution in [1.82, 2.24) is 5.32 Å². The van der Waals surface area contributed by atoms with Crippen molar-refractivity contribution in [2.45, 2.75) is 57.4 Å². The zero-order valence-electron chi connectivity index (χ0n) is 12.2. The van der Waals surface area contributed by atoms with Gasteiger partial charge in [0.2, 0.25) is 5.91 Å². The van der Waals surface area contributed by atoms with Gasteiger partial charge in [-0.2, -0.15) is 0 Å². The van der Waals surface area contributed by atoms with Crippen molar-refractivity contribution in [3.63, 3.8) is 0 Å². The Hall–Kier alpha value is -1.10. The van der Waals surface area contributed by atoms with Gasteiger partial charge in [-0.25, -0.2) is 4.79 Å². The molecule has 2 atom stereocenters. The largest absolute Gasteiger partial charge is 0.479 e. The SMILES string of the molecule is CC(CC(=O)NC1(C(=O)O)CCOC1)C1CCCCC1. The lowest BCUT2D eigenvalue weighted by atomic mass is 9.79. The summed E-state index contributed by atoms with van der Waals surface area (Å²) in [6, 6.07) is 0. The lowest BCUT2D eigenvalue weighted by Crippen LogP contribution is -2.55. The minimum absolute atomic E-state index is 0.0753. The van der Waals surface area contributed by atoms with Gasteiger partial charge in [-0.1, -0.05) is 39.0 Å². The van der Waals surface area contributed by atoms with Crippen LogP contribution in [0.15, 0.2) is 0 Å². The minimum atomic E-state index is -1.20. The summed E-state index contributed by atoms with van der Waals surface area (Å²) in [4.78, 5) is 23.5. The molecule has 0 bridgehead atoms. The van der Waals surface area contributed by atoms with E-state index in [9.17, 15) is 14.7 Å². The summed E-state index contributed by atoms with van der Waals surface area (Å²) in [5.41, 5.74) is -1.20. The van der Waals surface area contributed by atoms with E-state index < -0.39 is 11.5 Å². The van der Waals surface area contributed by atoms with E-state index >= 15 is 0 Å². The monoisotopic (exact) mass is 283 g/mol. The number of carbonyl (C=O) groups excluding carboxylic acids is 1. The highest BCUT2D eigenvalue weighted by Gasteiger charge is 2.44. The number of hydrogen-bond donors (Lipinski definition) is 2. The number of carboxylic acid groups (broad SMARTS) is 1. The second kappa shape index (κ2) is 6.57. The molecule has 0 spiro atoms. The van der Waals surface area contributed by atoms with Gasteiger partial charge < -0.3 is 15.2 Å². The molecule has 114 valence electrons. The minimum Gasteiger partial charge on any atom is -0.479 e. The van der Waals surface area contributed by atoms with E-state index in [-0.39, 0.29) is 12.5 Å². The Morgan fingerprint density at radius 3 is 2.60 bits per heavy atom. The summed E-state index contributed by atoms with van der Waals surface area (Å²) in [6.07, 6.45) is 6.97. The smallest absolute Gasteiger partial charge is 0.331 e. The highest BCUT2D eigenvalue weighted by molar-refractivity contribution is 5.87. The molecule has 1 heterocycles. The van der Waals surface area contributed by atoms with Gasteiger partial charge in [-0.05, 0) is 11.8 Å². The Kier molecular flexibility index (Phi) is 5.02. The third-order valence-electron chi connectivity index (χ3n) is 4.77. The molecular formula is C15H25NO4.